The summed E-state index contributed by atoms with van der Waals surface area (Å²) >= 11 is 0. The van der Waals surface area contributed by atoms with Gasteiger partial charge in [-0.3, -0.25) is 4.90 Å². The summed E-state index contributed by atoms with van der Waals surface area (Å²) in [5.41, 5.74) is 3.80. The number of aliphatic hydroxyl groups is 1. The van der Waals surface area contributed by atoms with Crippen LogP contribution in [0.2, 0.25) is 0 Å². The molecule has 3 fully saturated rings. The summed E-state index contributed by atoms with van der Waals surface area (Å²) in [6.45, 7) is 3.20. The van der Waals surface area contributed by atoms with Crippen molar-refractivity contribution in [3.05, 3.63) is 65.7 Å². The van der Waals surface area contributed by atoms with Gasteiger partial charge < -0.3 is 24.8 Å². The van der Waals surface area contributed by atoms with Gasteiger partial charge in [-0.05, 0) is 61.5 Å². The SMILES string of the molecule is CN(C)c1ccc(CN[C@@H]2[C@H](O)[C@@H](N3CCC(Cc4ccccc4)CC3)[C@@H]3OC[C@@H]2O3)cc1. The summed E-state index contributed by atoms with van der Waals surface area (Å²) in [5.74, 6) is 0.696. The number of fused-ring (bicyclic) bond motifs is 2. The van der Waals surface area contributed by atoms with E-state index in [4.69, 9.17) is 9.47 Å². The van der Waals surface area contributed by atoms with Crippen LogP contribution < -0.4 is 10.2 Å². The Bertz CT molecular complexity index is 883. The Hall–Kier alpha value is -1.96. The minimum Gasteiger partial charge on any atom is -0.390 e. The highest BCUT2D eigenvalue weighted by molar-refractivity contribution is 5.46. The van der Waals surface area contributed by atoms with Gasteiger partial charge in [-0.15, -0.1) is 0 Å². The average molecular weight is 452 g/mol. The maximum absolute atomic E-state index is 11.4. The van der Waals surface area contributed by atoms with Crippen LogP contribution in [0.3, 0.4) is 0 Å². The number of piperidine rings is 1. The Morgan fingerprint density at radius 2 is 1.73 bits per heavy atom. The second-order valence-corrected chi connectivity index (χ2v) is 9.99. The van der Waals surface area contributed by atoms with Crippen molar-refractivity contribution in [2.75, 3.05) is 38.7 Å². The molecule has 6 heteroatoms. The minimum atomic E-state index is -0.511. The monoisotopic (exact) mass is 451 g/mol. The summed E-state index contributed by atoms with van der Waals surface area (Å²) in [6.07, 6.45) is 2.49. The standard InChI is InChI=1S/C27H37N3O3/c1-29(2)22-10-8-21(9-11-22)17-28-24-23-18-32-27(33-23)25(26(24)31)30-14-12-20(13-15-30)16-19-6-4-3-5-7-19/h3-11,20,23-28,31H,12-18H2,1-2H3/t23-,24-,25+,26-,27+/m0/s1. The highest BCUT2D eigenvalue weighted by Crippen LogP contribution is 2.34. The van der Waals surface area contributed by atoms with E-state index in [0.717, 1.165) is 32.4 Å². The van der Waals surface area contributed by atoms with Crippen molar-refractivity contribution in [3.63, 3.8) is 0 Å². The maximum atomic E-state index is 11.4. The molecule has 0 unspecified atom stereocenters. The molecule has 0 aliphatic carbocycles. The van der Waals surface area contributed by atoms with Crippen molar-refractivity contribution in [2.24, 2.45) is 5.92 Å². The van der Waals surface area contributed by atoms with E-state index < -0.39 is 6.10 Å². The predicted octanol–water partition coefficient (Wildman–Crippen LogP) is 2.65. The predicted molar refractivity (Wildman–Crippen MR) is 130 cm³/mol. The van der Waals surface area contributed by atoms with Gasteiger partial charge >= 0.3 is 0 Å². The molecule has 3 heterocycles. The Labute approximate surface area is 197 Å². The fraction of sp³-hybridized carbons (Fsp3) is 0.556. The third kappa shape index (κ3) is 5.10. The summed E-state index contributed by atoms with van der Waals surface area (Å²) in [6, 6.07) is 19.1. The van der Waals surface area contributed by atoms with Gasteiger partial charge in [-0.1, -0.05) is 42.5 Å². The van der Waals surface area contributed by atoms with Crippen molar-refractivity contribution in [1.82, 2.24) is 10.2 Å². The summed E-state index contributed by atoms with van der Waals surface area (Å²) < 4.78 is 12.2. The first-order chi connectivity index (χ1) is 16.1. The average Bonchev–Trinajstić information content (AvgIpc) is 3.26. The number of rotatable bonds is 7. The molecule has 2 aromatic rings. The van der Waals surface area contributed by atoms with Crippen molar-refractivity contribution in [1.29, 1.82) is 0 Å². The highest BCUT2D eigenvalue weighted by atomic mass is 16.7. The largest absolute Gasteiger partial charge is 0.390 e. The summed E-state index contributed by atoms with van der Waals surface area (Å²) in [7, 11) is 4.09. The van der Waals surface area contributed by atoms with Crippen LogP contribution in [-0.2, 0) is 22.4 Å². The molecule has 178 valence electrons. The first-order valence-corrected chi connectivity index (χ1v) is 12.3. The van der Waals surface area contributed by atoms with Crippen LogP contribution in [0, 0.1) is 5.92 Å². The van der Waals surface area contributed by atoms with Gasteiger partial charge in [0.1, 0.15) is 6.10 Å². The topological polar surface area (TPSA) is 57.2 Å². The smallest absolute Gasteiger partial charge is 0.176 e. The second-order valence-electron chi connectivity index (χ2n) is 9.99. The Morgan fingerprint density at radius 3 is 2.42 bits per heavy atom. The van der Waals surface area contributed by atoms with Gasteiger partial charge in [0.2, 0.25) is 0 Å². The van der Waals surface area contributed by atoms with E-state index in [2.05, 4.69) is 69.7 Å². The van der Waals surface area contributed by atoms with Crippen LogP contribution in [0.1, 0.15) is 24.0 Å². The molecular formula is C27H37N3O3. The molecule has 6 nitrogen and oxygen atoms in total. The van der Waals surface area contributed by atoms with Gasteiger partial charge in [0.15, 0.2) is 6.29 Å². The molecular weight excluding hydrogens is 414 g/mol. The number of aliphatic hydroxyl groups excluding tert-OH is 1. The van der Waals surface area contributed by atoms with E-state index >= 15 is 0 Å². The van der Waals surface area contributed by atoms with E-state index in [0.29, 0.717) is 19.1 Å². The van der Waals surface area contributed by atoms with Crippen molar-refractivity contribution < 1.29 is 14.6 Å². The minimum absolute atomic E-state index is 0.0991. The van der Waals surface area contributed by atoms with Crippen LogP contribution in [0.4, 0.5) is 5.69 Å². The number of likely N-dealkylation sites (tertiary alicyclic amines) is 1. The van der Waals surface area contributed by atoms with Crippen molar-refractivity contribution in [3.8, 4) is 0 Å². The third-order valence-electron chi connectivity index (χ3n) is 7.56. The van der Waals surface area contributed by atoms with Gasteiger partial charge in [-0.25, -0.2) is 0 Å². The number of anilines is 1. The summed E-state index contributed by atoms with van der Waals surface area (Å²) in [4.78, 5) is 4.50. The normalized spacial score (nSPS) is 30.5. The van der Waals surface area contributed by atoms with Gasteiger partial charge in [0.05, 0.1) is 24.8 Å². The molecule has 2 aromatic carbocycles. The number of nitrogens with one attached hydrogen (secondary N) is 1. The van der Waals surface area contributed by atoms with Crippen LogP contribution in [-0.4, -0.2) is 74.4 Å². The molecule has 0 radical (unpaired) electrons. The second kappa shape index (κ2) is 10.1. The molecule has 0 saturated carbocycles. The molecule has 3 saturated heterocycles. The number of hydrogen-bond acceptors (Lipinski definition) is 6. The quantitative estimate of drug-likeness (QED) is 0.675. The van der Waals surface area contributed by atoms with Crippen LogP contribution in [0.5, 0.6) is 0 Å². The zero-order valence-corrected chi connectivity index (χ0v) is 19.8. The fourth-order valence-electron chi connectivity index (χ4n) is 5.59. The molecule has 5 rings (SSSR count). The summed E-state index contributed by atoms with van der Waals surface area (Å²) in [5, 5.41) is 15.0. The molecule has 2 bridgehead atoms. The number of benzene rings is 2. The van der Waals surface area contributed by atoms with Gasteiger partial charge in [0, 0.05) is 26.3 Å². The van der Waals surface area contributed by atoms with Gasteiger partial charge in [-0.2, -0.15) is 0 Å². The highest BCUT2D eigenvalue weighted by Gasteiger charge is 2.52. The lowest BCUT2D eigenvalue weighted by Gasteiger charge is -2.46. The first kappa shape index (κ1) is 22.8. The zero-order chi connectivity index (χ0) is 22.8. The van der Waals surface area contributed by atoms with Crippen LogP contribution in [0.15, 0.2) is 54.6 Å². The van der Waals surface area contributed by atoms with Crippen molar-refractivity contribution >= 4 is 5.69 Å². The lowest BCUT2D eigenvalue weighted by atomic mass is 9.87. The van der Waals surface area contributed by atoms with Gasteiger partial charge in [0.25, 0.3) is 0 Å². The fourth-order valence-corrected chi connectivity index (χ4v) is 5.59. The number of ether oxygens (including phenoxy) is 2. The zero-order valence-electron chi connectivity index (χ0n) is 19.8. The van der Waals surface area contributed by atoms with E-state index in [1.54, 1.807) is 0 Å². The van der Waals surface area contributed by atoms with E-state index in [1.165, 1.54) is 16.8 Å². The molecule has 0 aromatic heterocycles. The van der Waals surface area contributed by atoms with E-state index in [9.17, 15) is 5.11 Å². The first-order valence-electron chi connectivity index (χ1n) is 12.3. The Morgan fingerprint density at radius 1 is 1.00 bits per heavy atom. The maximum Gasteiger partial charge on any atom is 0.176 e. The van der Waals surface area contributed by atoms with E-state index in [1.807, 2.05) is 14.1 Å². The van der Waals surface area contributed by atoms with E-state index in [-0.39, 0.29) is 24.5 Å². The molecule has 3 aliphatic heterocycles. The molecule has 3 aliphatic rings. The lowest BCUT2D eigenvalue weighted by molar-refractivity contribution is -0.186. The molecule has 0 amide bonds. The van der Waals surface area contributed by atoms with Crippen LogP contribution in [0.25, 0.3) is 0 Å². The molecule has 33 heavy (non-hydrogen) atoms. The third-order valence-corrected chi connectivity index (χ3v) is 7.56. The molecule has 0 spiro atoms. The molecule has 2 N–H and O–H groups in total. The van der Waals surface area contributed by atoms with Crippen LogP contribution >= 0.6 is 0 Å². The van der Waals surface area contributed by atoms with Crippen molar-refractivity contribution in [2.45, 2.75) is 56.4 Å². The number of nitrogens with zero attached hydrogens (tertiary/aromatic N) is 2. The lowest BCUT2D eigenvalue weighted by Crippen LogP contribution is -2.65. The molecule has 5 atom stereocenters. The number of hydrogen-bond donors (Lipinski definition) is 2. The Balaban J connectivity index is 1.18. The Kier molecular flexibility index (Phi) is 6.99.